The Kier molecular flexibility index (Phi) is 5.17. The Morgan fingerprint density at radius 1 is 1.32 bits per heavy atom. The van der Waals surface area contributed by atoms with Crippen molar-refractivity contribution in [2.45, 2.75) is 24.2 Å². The molecule has 0 aromatic heterocycles. The van der Waals surface area contributed by atoms with Crippen LogP contribution in [0.3, 0.4) is 0 Å². The van der Waals surface area contributed by atoms with E-state index in [9.17, 15) is 9.59 Å². The summed E-state index contributed by atoms with van der Waals surface area (Å²) in [5.74, 6) is -1.03. The molecule has 0 saturated heterocycles. The van der Waals surface area contributed by atoms with Gasteiger partial charge in [-0.25, -0.2) is 0 Å². The van der Waals surface area contributed by atoms with E-state index in [1.165, 1.54) is 0 Å². The summed E-state index contributed by atoms with van der Waals surface area (Å²) in [7, 11) is 0. The van der Waals surface area contributed by atoms with Crippen LogP contribution in [0.1, 0.15) is 18.9 Å². The summed E-state index contributed by atoms with van der Waals surface area (Å²) in [4.78, 5) is 23.5. The van der Waals surface area contributed by atoms with E-state index in [0.717, 1.165) is 0 Å². The lowest BCUT2D eigenvalue weighted by Gasteiger charge is -2.12. The molecule has 1 fully saturated rings. The first-order valence-corrected chi connectivity index (χ1v) is 7.92. The minimum Gasteiger partial charge on any atom is -0.455 e. The van der Waals surface area contributed by atoms with Crippen LogP contribution in [-0.2, 0) is 20.9 Å². The molecule has 0 bridgehead atoms. The van der Waals surface area contributed by atoms with Gasteiger partial charge in [0, 0.05) is 23.0 Å². The number of amides is 1. The lowest BCUT2D eigenvalue weighted by molar-refractivity contribution is -0.153. The van der Waals surface area contributed by atoms with E-state index in [-0.39, 0.29) is 6.54 Å². The molecule has 4 nitrogen and oxygen atoms in total. The first-order valence-electron chi connectivity index (χ1n) is 6.41. The third-order valence-corrected chi connectivity index (χ3v) is 5.22. The van der Waals surface area contributed by atoms with Gasteiger partial charge >= 0.3 is 5.97 Å². The monoisotopic (exact) mass is 383 g/mol. The lowest BCUT2D eigenvalue weighted by atomic mass is 10.1. The molecule has 1 aliphatic carbocycles. The summed E-state index contributed by atoms with van der Waals surface area (Å²) in [5.41, 5.74) is -0.240. The van der Waals surface area contributed by atoms with E-state index in [1.54, 1.807) is 25.1 Å². The fourth-order valence-electron chi connectivity index (χ4n) is 1.82. The molecule has 1 amide bonds. The van der Waals surface area contributed by atoms with Gasteiger partial charge in [0.2, 0.25) is 0 Å². The molecule has 1 aromatic carbocycles. The van der Waals surface area contributed by atoms with Gasteiger partial charge in [-0.2, -0.15) is 0 Å². The molecule has 1 aliphatic rings. The number of halogens is 4. The van der Waals surface area contributed by atoms with E-state index < -0.39 is 28.2 Å². The second-order valence-electron chi connectivity index (χ2n) is 5.30. The van der Waals surface area contributed by atoms with Crippen molar-refractivity contribution in [1.82, 2.24) is 5.32 Å². The van der Waals surface area contributed by atoms with E-state index in [1.807, 2.05) is 0 Å². The SMILES string of the molecule is C[C@@]1(C(=O)OCC(=O)NCc2ccc(Cl)cc2Cl)CC1(Cl)Cl. The highest BCUT2D eigenvalue weighted by molar-refractivity contribution is 6.53. The van der Waals surface area contributed by atoms with Crippen molar-refractivity contribution < 1.29 is 14.3 Å². The number of hydrogen-bond acceptors (Lipinski definition) is 3. The molecule has 2 rings (SSSR count). The molecule has 1 N–H and O–H groups in total. The average molecular weight is 385 g/mol. The number of ether oxygens (including phenoxy) is 1. The molecule has 1 saturated carbocycles. The van der Waals surface area contributed by atoms with Crippen LogP contribution < -0.4 is 5.32 Å². The van der Waals surface area contributed by atoms with E-state index >= 15 is 0 Å². The number of rotatable bonds is 5. The van der Waals surface area contributed by atoms with Crippen molar-refractivity contribution in [1.29, 1.82) is 0 Å². The van der Waals surface area contributed by atoms with Crippen LogP contribution in [0.2, 0.25) is 10.0 Å². The van der Waals surface area contributed by atoms with Crippen LogP contribution in [0.15, 0.2) is 18.2 Å². The normalized spacial score (nSPS) is 22.0. The second-order valence-corrected chi connectivity index (χ2v) is 7.63. The Bertz CT molecular complexity index is 620. The zero-order valence-electron chi connectivity index (χ0n) is 11.6. The molecule has 0 radical (unpaired) electrons. The summed E-state index contributed by atoms with van der Waals surface area (Å²) in [6.45, 7) is 1.41. The Morgan fingerprint density at radius 3 is 2.50 bits per heavy atom. The van der Waals surface area contributed by atoms with Gasteiger partial charge < -0.3 is 10.1 Å². The summed E-state index contributed by atoms with van der Waals surface area (Å²) >= 11 is 23.5. The molecule has 22 heavy (non-hydrogen) atoms. The predicted molar refractivity (Wildman–Crippen MR) is 86.4 cm³/mol. The van der Waals surface area contributed by atoms with Crippen molar-refractivity contribution in [3.05, 3.63) is 33.8 Å². The Balaban J connectivity index is 1.78. The molecule has 0 unspecified atom stereocenters. The maximum absolute atomic E-state index is 11.8. The van der Waals surface area contributed by atoms with Crippen LogP contribution in [0.4, 0.5) is 0 Å². The van der Waals surface area contributed by atoms with Crippen LogP contribution in [0.5, 0.6) is 0 Å². The highest BCUT2D eigenvalue weighted by Gasteiger charge is 2.69. The highest BCUT2D eigenvalue weighted by atomic mass is 35.5. The number of benzene rings is 1. The van der Waals surface area contributed by atoms with E-state index in [4.69, 9.17) is 51.1 Å². The van der Waals surface area contributed by atoms with Crippen LogP contribution in [0, 0.1) is 5.41 Å². The Labute approximate surface area is 148 Å². The van der Waals surface area contributed by atoms with Gasteiger partial charge in [-0.3, -0.25) is 9.59 Å². The van der Waals surface area contributed by atoms with Gasteiger partial charge in [-0.15, -0.1) is 23.2 Å². The van der Waals surface area contributed by atoms with Gasteiger partial charge in [0.15, 0.2) is 6.61 Å². The van der Waals surface area contributed by atoms with Crippen LogP contribution >= 0.6 is 46.4 Å². The van der Waals surface area contributed by atoms with Gasteiger partial charge in [-0.05, 0) is 24.6 Å². The van der Waals surface area contributed by atoms with Crippen molar-refractivity contribution >= 4 is 58.3 Å². The fraction of sp³-hybridized carbons (Fsp3) is 0.429. The molecule has 120 valence electrons. The molecular weight excluding hydrogens is 372 g/mol. The smallest absolute Gasteiger partial charge is 0.315 e. The molecule has 0 spiro atoms. The molecule has 0 heterocycles. The van der Waals surface area contributed by atoms with Gasteiger partial charge in [0.05, 0.1) is 0 Å². The Morgan fingerprint density at radius 2 is 1.95 bits per heavy atom. The maximum Gasteiger partial charge on any atom is 0.315 e. The number of esters is 1. The van der Waals surface area contributed by atoms with Crippen molar-refractivity contribution in [2.75, 3.05) is 6.61 Å². The number of carbonyl (C=O) groups excluding carboxylic acids is 2. The minimum absolute atomic E-state index is 0.207. The van der Waals surface area contributed by atoms with Gasteiger partial charge in [-0.1, -0.05) is 29.3 Å². The zero-order valence-corrected chi connectivity index (χ0v) is 14.6. The third kappa shape index (κ3) is 3.80. The van der Waals surface area contributed by atoms with Crippen LogP contribution in [0.25, 0.3) is 0 Å². The topological polar surface area (TPSA) is 55.4 Å². The van der Waals surface area contributed by atoms with Gasteiger partial charge in [0.1, 0.15) is 9.75 Å². The van der Waals surface area contributed by atoms with Crippen molar-refractivity contribution in [3.8, 4) is 0 Å². The highest BCUT2D eigenvalue weighted by Crippen LogP contribution is 2.64. The molecule has 8 heteroatoms. The van der Waals surface area contributed by atoms with Gasteiger partial charge in [0.25, 0.3) is 5.91 Å². The quantitative estimate of drug-likeness (QED) is 0.621. The van der Waals surface area contributed by atoms with Crippen molar-refractivity contribution in [3.63, 3.8) is 0 Å². The zero-order chi connectivity index (χ0) is 16.5. The summed E-state index contributed by atoms with van der Waals surface area (Å²) in [5, 5.41) is 3.56. The molecule has 0 aliphatic heterocycles. The van der Waals surface area contributed by atoms with E-state index in [0.29, 0.717) is 22.0 Å². The first-order chi connectivity index (χ1) is 10.2. The fourth-order valence-corrected chi connectivity index (χ4v) is 2.99. The molecular formula is C14H13Cl4NO3. The average Bonchev–Trinajstić information content (AvgIpc) is 2.95. The maximum atomic E-state index is 11.8. The molecule has 1 aromatic rings. The van der Waals surface area contributed by atoms with E-state index in [2.05, 4.69) is 5.32 Å². The standard InChI is InChI=1S/C14H13Cl4NO3/c1-13(7-14(13,17)18)12(21)22-6-11(20)19-5-8-2-3-9(15)4-10(8)16/h2-4H,5-7H2,1H3,(H,19,20)/t13-/m0/s1. The van der Waals surface area contributed by atoms with Crippen molar-refractivity contribution in [2.24, 2.45) is 5.41 Å². The Hall–Kier alpha value is -0.680. The van der Waals surface area contributed by atoms with Crippen LogP contribution in [-0.4, -0.2) is 22.8 Å². The number of nitrogens with one attached hydrogen (secondary N) is 1. The largest absolute Gasteiger partial charge is 0.455 e. The number of alkyl halides is 2. The number of carbonyl (C=O) groups is 2. The summed E-state index contributed by atoms with van der Waals surface area (Å²) in [6.07, 6.45) is 0.309. The first kappa shape index (κ1) is 17.7. The third-order valence-electron chi connectivity index (χ3n) is 3.53. The molecule has 1 atom stereocenters. The predicted octanol–water partition coefficient (Wildman–Crippen LogP) is 3.74. The second kappa shape index (κ2) is 6.44. The minimum atomic E-state index is -1.11. The summed E-state index contributed by atoms with van der Waals surface area (Å²) in [6, 6.07) is 4.96. The number of hydrogen-bond donors (Lipinski definition) is 1. The summed E-state index contributed by atoms with van der Waals surface area (Å²) < 4.78 is 3.82. The lowest BCUT2D eigenvalue weighted by Crippen LogP contribution is -2.31.